The van der Waals surface area contributed by atoms with Gasteiger partial charge in [0.2, 0.25) is 0 Å². The number of carbonyl (C=O) groups is 1. The summed E-state index contributed by atoms with van der Waals surface area (Å²) in [6.45, 7) is 6.20. The molecule has 0 aromatic heterocycles. The molecule has 0 saturated heterocycles. The quantitative estimate of drug-likeness (QED) is 0.818. The highest BCUT2D eigenvalue weighted by atomic mass is 16.4. The van der Waals surface area contributed by atoms with Gasteiger partial charge in [-0.3, -0.25) is 4.79 Å². The van der Waals surface area contributed by atoms with Gasteiger partial charge in [-0.15, -0.1) is 0 Å². The van der Waals surface area contributed by atoms with E-state index in [0.717, 1.165) is 23.1 Å². The fourth-order valence-corrected chi connectivity index (χ4v) is 2.79. The van der Waals surface area contributed by atoms with Gasteiger partial charge < -0.3 is 10.2 Å². The molecule has 0 aliphatic heterocycles. The fraction of sp³-hybridized carbons (Fsp3) is 0.350. The number of phenols is 1. The lowest BCUT2D eigenvalue weighted by Gasteiger charge is -2.27. The van der Waals surface area contributed by atoms with Gasteiger partial charge in [-0.1, -0.05) is 55.8 Å². The zero-order valence-electron chi connectivity index (χ0n) is 13.9. The van der Waals surface area contributed by atoms with Crippen LogP contribution in [0.2, 0.25) is 0 Å². The first-order chi connectivity index (χ1) is 10.8. The van der Waals surface area contributed by atoms with E-state index in [-0.39, 0.29) is 11.2 Å². The second-order valence-corrected chi connectivity index (χ2v) is 6.77. The third-order valence-corrected chi connectivity index (χ3v) is 4.48. The molecule has 3 heteroatoms. The van der Waals surface area contributed by atoms with Crippen LogP contribution in [-0.4, -0.2) is 16.2 Å². The molecule has 2 rings (SSSR count). The SMILES string of the molecule is Cc1ccc(C(CCC(C)(C)c2ccc(O)cc2)C(=O)O)cc1. The molecule has 0 bridgehead atoms. The predicted molar refractivity (Wildman–Crippen MR) is 91.9 cm³/mol. The van der Waals surface area contributed by atoms with E-state index in [1.54, 1.807) is 12.1 Å². The zero-order valence-corrected chi connectivity index (χ0v) is 13.9. The number of benzene rings is 2. The van der Waals surface area contributed by atoms with E-state index < -0.39 is 11.9 Å². The van der Waals surface area contributed by atoms with Gasteiger partial charge in [0.05, 0.1) is 5.92 Å². The van der Waals surface area contributed by atoms with E-state index in [1.807, 2.05) is 43.3 Å². The smallest absolute Gasteiger partial charge is 0.310 e. The summed E-state index contributed by atoms with van der Waals surface area (Å²) in [5, 5.41) is 19.0. The second kappa shape index (κ2) is 6.86. The van der Waals surface area contributed by atoms with E-state index in [9.17, 15) is 15.0 Å². The molecule has 0 heterocycles. The van der Waals surface area contributed by atoms with Crippen LogP contribution in [0.25, 0.3) is 0 Å². The summed E-state index contributed by atoms with van der Waals surface area (Å²) in [5.74, 6) is -1.03. The lowest BCUT2D eigenvalue weighted by atomic mass is 9.77. The van der Waals surface area contributed by atoms with Crippen molar-refractivity contribution in [1.29, 1.82) is 0 Å². The van der Waals surface area contributed by atoms with Crippen molar-refractivity contribution in [2.24, 2.45) is 0 Å². The minimum Gasteiger partial charge on any atom is -0.508 e. The molecule has 0 aliphatic carbocycles. The Kier molecular flexibility index (Phi) is 5.09. The summed E-state index contributed by atoms with van der Waals surface area (Å²) in [6, 6.07) is 14.9. The van der Waals surface area contributed by atoms with Gasteiger partial charge in [0.1, 0.15) is 5.75 Å². The number of hydrogen-bond donors (Lipinski definition) is 2. The first-order valence-corrected chi connectivity index (χ1v) is 7.88. The van der Waals surface area contributed by atoms with E-state index in [0.29, 0.717) is 6.42 Å². The van der Waals surface area contributed by atoms with Crippen molar-refractivity contribution in [1.82, 2.24) is 0 Å². The van der Waals surface area contributed by atoms with Crippen LogP contribution in [0.15, 0.2) is 48.5 Å². The molecule has 0 amide bonds. The lowest BCUT2D eigenvalue weighted by molar-refractivity contribution is -0.139. The van der Waals surface area contributed by atoms with Crippen LogP contribution in [0.3, 0.4) is 0 Å². The number of phenolic OH excluding ortho intramolecular Hbond substituents is 1. The minimum absolute atomic E-state index is 0.147. The van der Waals surface area contributed by atoms with Gasteiger partial charge in [0, 0.05) is 0 Å². The Morgan fingerprint density at radius 1 is 1.04 bits per heavy atom. The van der Waals surface area contributed by atoms with Crippen LogP contribution in [0, 0.1) is 6.92 Å². The van der Waals surface area contributed by atoms with Crippen molar-refractivity contribution in [2.45, 2.75) is 44.9 Å². The van der Waals surface area contributed by atoms with Crippen LogP contribution in [-0.2, 0) is 10.2 Å². The summed E-state index contributed by atoms with van der Waals surface area (Å²) in [7, 11) is 0. The molecule has 0 saturated carbocycles. The average molecular weight is 312 g/mol. The number of hydrogen-bond acceptors (Lipinski definition) is 2. The molecule has 0 radical (unpaired) electrons. The molecular weight excluding hydrogens is 288 g/mol. The monoisotopic (exact) mass is 312 g/mol. The first-order valence-electron chi connectivity index (χ1n) is 7.88. The van der Waals surface area contributed by atoms with Crippen molar-refractivity contribution in [3.63, 3.8) is 0 Å². The maximum Gasteiger partial charge on any atom is 0.310 e. The number of rotatable bonds is 6. The maximum absolute atomic E-state index is 11.6. The number of carboxylic acids is 1. The molecule has 1 unspecified atom stereocenters. The molecular formula is C20H24O3. The number of aliphatic carboxylic acids is 1. The number of aryl methyl sites for hydroxylation is 1. The van der Waals surface area contributed by atoms with Crippen LogP contribution < -0.4 is 0 Å². The highest BCUT2D eigenvalue weighted by Crippen LogP contribution is 2.33. The van der Waals surface area contributed by atoms with Crippen LogP contribution in [0.4, 0.5) is 0 Å². The third kappa shape index (κ3) is 4.35. The zero-order chi connectivity index (χ0) is 17.0. The largest absolute Gasteiger partial charge is 0.508 e. The number of aromatic hydroxyl groups is 1. The van der Waals surface area contributed by atoms with Gasteiger partial charge in [0.15, 0.2) is 0 Å². The van der Waals surface area contributed by atoms with Gasteiger partial charge in [-0.25, -0.2) is 0 Å². The van der Waals surface area contributed by atoms with Crippen LogP contribution >= 0.6 is 0 Å². The molecule has 2 aromatic rings. The van der Waals surface area contributed by atoms with Gasteiger partial charge in [-0.2, -0.15) is 0 Å². The highest BCUT2D eigenvalue weighted by Gasteiger charge is 2.26. The normalized spacial score (nSPS) is 12.8. The van der Waals surface area contributed by atoms with Gasteiger partial charge >= 0.3 is 5.97 Å². The van der Waals surface area contributed by atoms with E-state index in [1.165, 1.54) is 0 Å². The van der Waals surface area contributed by atoms with Crippen molar-refractivity contribution in [3.05, 3.63) is 65.2 Å². The van der Waals surface area contributed by atoms with Crippen LogP contribution in [0.1, 0.15) is 49.3 Å². The van der Waals surface area contributed by atoms with Crippen molar-refractivity contribution in [3.8, 4) is 5.75 Å². The van der Waals surface area contributed by atoms with E-state index in [2.05, 4.69) is 13.8 Å². The Bertz CT molecular complexity index is 654. The Morgan fingerprint density at radius 3 is 2.13 bits per heavy atom. The Hall–Kier alpha value is -2.29. The molecule has 0 spiro atoms. The fourth-order valence-electron chi connectivity index (χ4n) is 2.79. The number of carboxylic acid groups (broad SMARTS) is 1. The maximum atomic E-state index is 11.6. The van der Waals surface area contributed by atoms with Crippen molar-refractivity contribution >= 4 is 5.97 Å². The Balaban J connectivity index is 2.13. The van der Waals surface area contributed by atoms with Crippen molar-refractivity contribution in [2.75, 3.05) is 0 Å². The molecule has 0 fully saturated rings. The first kappa shape index (κ1) is 17.1. The molecule has 2 N–H and O–H groups in total. The Labute approximate surface area is 137 Å². The van der Waals surface area contributed by atoms with E-state index in [4.69, 9.17) is 0 Å². The standard InChI is InChI=1S/C20H24O3/c1-14-4-6-15(7-5-14)18(19(22)23)12-13-20(2,3)16-8-10-17(21)11-9-16/h4-11,18,21H,12-13H2,1-3H3,(H,22,23). The van der Waals surface area contributed by atoms with Crippen LogP contribution in [0.5, 0.6) is 5.75 Å². The lowest BCUT2D eigenvalue weighted by Crippen LogP contribution is -2.21. The minimum atomic E-state index is -0.782. The Morgan fingerprint density at radius 2 is 1.61 bits per heavy atom. The molecule has 122 valence electrons. The average Bonchev–Trinajstić information content (AvgIpc) is 2.49. The summed E-state index contributed by atoms with van der Waals surface area (Å²) in [4.78, 5) is 11.6. The highest BCUT2D eigenvalue weighted by molar-refractivity contribution is 5.76. The summed E-state index contributed by atoms with van der Waals surface area (Å²) < 4.78 is 0. The molecule has 23 heavy (non-hydrogen) atoms. The van der Waals surface area contributed by atoms with E-state index >= 15 is 0 Å². The third-order valence-electron chi connectivity index (χ3n) is 4.48. The predicted octanol–water partition coefficient (Wildman–Crippen LogP) is 4.63. The molecule has 1 atom stereocenters. The summed E-state index contributed by atoms with van der Waals surface area (Å²) in [5.41, 5.74) is 2.93. The van der Waals surface area contributed by atoms with Gasteiger partial charge in [0.25, 0.3) is 0 Å². The molecule has 0 aliphatic rings. The molecule has 2 aromatic carbocycles. The van der Waals surface area contributed by atoms with Gasteiger partial charge in [-0.05, 0) is 48.4 Å². The summed E-state index contributed by atoms with van der Waals surface area (Å²) in [6.07, 6.45) is 1.33. The summed E-state index contributed by atoms with van der Waals surface area (Å²) >= 11 is 0. The topological polar surface area (TPSA) is 57.5 Å². The van der Waals surface area contributed by atoms with Crippen molar-refractivity contribution < 1.29 is 15.0 Å². The second-order valence-electron chi connectivity index (χ2n) is 6.77. The molecule has 3 nitrogen and oxygen atoms in total.